The van der Waals surface area contributed by atoms with Gasteiger partial charge in [-0.15, -0.1) is 0 Å². The molecule has 0 saturated heterocycles. The molecule has 0 heterocycles. The van der Waals surface area contributed by atoms with E-state index in [1.54, 1.807) is 0 Å². The molecule has 1 aromatic rings. The summed E-state index contributed by atoms with van der Waals surface area (Å²) < 4.78 is 6.54. The van der Waals surface area contributed by atoms with Crippen LogP contribution in [0.1, 0.15) is 32.4 Å². The third kappa shape index (κ3) is 5.13. The highest BCUT2D eigenvalue weighted by atomic mass is 79.9. The van der Waals surface area contributed by atoms with Crippen LogP contribution in [0.5, 0.6) is 0 Å². The van der Waals surface area contributed by atoms with Gasteiger partial charge in [0.1, 0.15) is 0 Å². The first kappa shape index (κ1) is 16.5. The van der Waals surface area contributed by atoms with E-state index < -0.39 is 0 Å². The molecule has 19 heavy (non-hydrogen) atoms. The van der Waals surface area contributed by atoms with E-state index >= 15 is 0 Å². The van der Waals surface area contributed by atoms with Gasteiger partial charge in [-0.2, -0.15) is 0 Å². The second kappa shape index (κ2) is 8.56. The van der Waals surface area contributed by atoms with Crippen molar-refractivity contribution in [2.45, 2.75) is 26.8 Å². The molecule has 3 nitrogen and oxygen atoms in total. The zero-order valence-electron chi connectivity index (χ0n) is 12.4. The molecule has 0 fully saturated rings. The van der Waals surface area contributed by atoms with Crippen LogP contribution < -0.4 is 10.2 Å². The highest BCUT2D eigenvalue weighted by molar-refractivity contribution is 9.10. The normalized spacial score (nSPS) is 12.5. The third-order valence-electron chi connectivity index (χ3n) is 3.18. The number of ether oxygens (including phenoxy) is 1. The molecule has 0 spiro atoms. The molecule has 1 unspecified atom stereocenters. The van der Waals surface area contributed by atoms with Crippen LogP contribution in [0, 0.1) is 0 Å². The minimum absolute atomic E-state index is 0.363. The van der Waals surface area contributed by atoms with Crippen molar-refractivity contribution in [2.24, 2.45) is 0 Å². The number of halogens is 1. The minimum Gasteiger partial charge on any atom is -0.380 e. The lowest BCUT2D eigenvalue weighted by molar-refractivity contribution is 0.154. The molecule has 1 N–H and O–H groups in total. The molecule has 0 bridgehead atoms. The van der Waals surface area contributed by atoms with Crippen LogP contribution in [0.4, 0.5) is 5.69 Å². The third-order valence-corrected chi connectivity index (χ3v) is 3.86. The number of hydrogen-bond donors (Lipinski definition) is 1. The first-order valence-electron chi connectivity index (χ1n) is 6.91. The second-order valence-corrected chi connectivity index (χ2v) is 5.46. The lowest BCUT2D eigenvalue weighted by Gasteiger charge is -2.21. The zero-order valence-corrected chi connectivity index (χ0v) is 14.0. The Morgan fingerprint density at radius 1 is 1.37 bits per heavy atom. The van der Waals surface area contributed by atoms with Gasteiger partial charge in [-0.1, -0.05) is 28.9 Å². The van der Waals surface area contributed by atoms with Crippen molar-refractivity contribution in [3.05, 3.63) is 28.2 Å². The van der Waals surface area contributed by atoms with E-state index in [0.29, 0.717) is 6.04 Å². The molecule has 0 aromatic heterocycles. The van der Waals surface area contributed by atoms with Gasteiger partial charge < -0.3 is 15.0 Å². The topological polar surface area (TPSA) is 24.5 Å². The van der Waals surface area contributed by atoms with Crippen molar-refractivity contribution >= 4 is 21.6 Å². The number of nitrogens with zero attached hydrogens (tertiary/aromatic N) is 1. The molecule has 1 aromatic carbocycles. The molecule has 1 rings (SSSR count). The van der Waals surface area contributed by atoms with Gasteiger partial charge in [-0.05, 0) is 38.1 Å². The summed E-state index contributed by atoms with van der Waals surface area (Å²) in [5.74, 6) is 0. The first-order chi connectivity index (χ1) is 9.10. The largest absolute Gasteiger partial charge is 0.380 e. The van der Waals surface area contributed by atoms with Gasteiger partial charge in [0.2, 0.25) is 0 Å². The van der Waals surface area contributed by atoms with Crippen molar-refractivity contribution in [3.63, 3.8) is 0 Å². The Balaban J connectivity index is 2.70. The van der Waals surface area contributed by atoms with Gasteiger partial charge in [0.25, 0.3) is 0 Å². The van der Waals surface area contributed by atoms with Crippen LogP contribution in [-0.4, -0.2) is 33.4 Å². The fraction of sp³-hybridized carbons (Fsp3) is 0.600. The molecule has 0 radical (unpaired) electrons. The van der Waals surface area contributed by atoms with Crippen molar-refractivity contribution in [2.75, 3.05) is 38.3 Å². The minimum atomic E-state index is 0.363. The number of rotatable bonds is 8. The summed E-state index contributed by atoms with van der Waals surface area (Å²) in [6.45, 7) is 9.75. The number of anilines is 1. The Bertz CT molecular complexity index is 384. The van der Waals surface area contributed by atoms with Gasteiger partial charge in [0, 0.05) is 36.4 Å². The number of benzene rings is 1. The van der Waals surface area contributed by atoms with Crippen LogP contribution in [0.2, 0.25) is 0 Å². The zero-order chi connectivity index (χ0) is 14.3. The molecular weight excluding hydrogens is 304 g/mol. The maximum Gasteiger partial charge on any atom is 0.0641 e. The highest BCUT2D eigenvalue weighted by Crippen LogP contribution is 2.27. The Kier molecular flexibility index (Phi) is 7.42. The van der Waals surface area contributed by atoms with E-state index in [1.807, 2.05) is 6.92 Å². The summed E-state index contributed by atoms with van der Waals surface area (Å²) in [6, 6.07) is 6.89. The molecule has 0 amide bonds. The van der Waals surface area contributed by atoms with E-state index in [0.717, 1.165) is 30.8 Å². The standard InChI is InChI=1S/C15H25BrN2O/c1-5-17-12(3)14-8-7-13(11-15(14)16)18(4)9-10-19-6-2/h7-8,11-12,17H,5-6,9-10H2,1-4H3. The molecular formula is C15H25BrN2O. The summed E-state index contributed by atoms with van der Waals surface area (Å²) in [5, 5.41) is 3.43. The fourth-order valence-electron chi connectivity index (χ4n) is 2.00. The fourth-order valence-corrected chi connectivity index (χ4v) is 2.71. The predicted molar refractivity (Wildman–Crippen MR) is 86.0 cm³/mol. The van der Waals surface area contributed by atoms with Gasteiger partial charge in [-0.3, -0.25) is 0 Å². The Labute approximate surface area is 125 Å². The maximum atomic E-state index is 5.39. The summed E-state index contributed by atoms with van der Waals surface area (Å²) in [4.78, 5) is 2.21. The van der Waals surface area contributed by atoms with E-state index in [4.69, 9.17) is 4.74 Å². The van der Waals surface area contributed by atoms with E-state index in [2.05, 4.69) is 65.2 Å². The summed E-state index contributed by atoms with van der Waals surface area (Å²) in [7, 11) is 2.09. The van der Waals surface area contributed by atoms with E-state index in [9.17, 15) is 0 Å². The first-order valence-corrected chi connectivity index (χ1v) is 7.71. The summed E-state index contributed by atoms with van der Waals surface area (Å²) in [5.41, 5.74) is 2.50. The van der Waals surface area contributed by atoms with Gasteiger partial charge in [0.15, 0.2) is 0 Å². The van der Waals surface area contributed by atoms with Crippen LogP contribution in [0.25, 0.3) is 0 Å². The van der Waals surface area contributed by atoms with Gasteiger partial charge in [0.05, 0.1) is 6.61 Å². The Morgan fingerprint density at radius 3 is 2.68 bits per heavy atom. The Morgan fingerprint density at radius 2 is 2.11 bits per heavy atom. The van der Waals surface area contributed by atoms with Crippen molar-refractivity contribution in [1.82, 2.24) is 5.32 Å². The molecule has 0 aliphatic heterocycles. The van der Waals surface area contributed by atoms with E-state index in [1.165, 1.54) is 11.3 Å². The monoisotopic (exact) mass is 328 g/mol. The molecule has 1 atom stereocenters. The average molecular weight is 329 g/mol. The van der Waals surface area contributed by atoms with Crippen molar-refractivity contribution in [3.8, 4) is 0 Å². The predicted octanol–water partition coefficient (Wildman–Crippen LogP) is 3.59. The summed E-state index contributed by atoms with van der Waals surface area (Å²) in [6.07, 6.45) is 0. The highest BCUT2D eigenvalue weighted by Gasteiger charge is 2.10. The maximum absolute atomic E-state index is 5.39. The van der Waals surface area contributed by atoms with Crippen LogP contribution >= 0.6 is 15.9 Å². The van der Waals surface area contributed by atoms with Crippen LogP contribution in [0.15, 0.2) is 22.7 Å². The quantitative estimate of drug-likeness (QED) is 0.738. The number of hydrogen-bond acceptors (Lipinski definition) is 3. The number of nitrogens with one attached hydrogen (secondary N) is 1. The molecule has 0 aliphatic rings. The number of likely N-dealkylation sites (N-methyl/N-ethyl adjacent to an activating group) is 1. The molecule has 4 heteroatoms. The molecule has 0 aliphatic carbocycles. The van der Waals surface area contributed by atoms with Crippen LogP contribution in [0.3, 0.4) is 0 Å². The van der Waals surface area contributed by atoms with Crippen molar-refractivity contribution < 1.29 is 4.74 Å². The SMILES string of the molecule is CCNC(C)c1ccc(N(C)CCOCC)cc1Br. The Hall–Kier alpha value is -0.580. The summed E-state index contributed by atoms with van der Waals surface area (Å²) >= 11 is 3.67. The van der Waals surface area contributed by atoms with Crippen molar-refractivity contribution in [1.29, 1.82) is 0 Å². The average Bonchev–Trinajstić information content (AvgIpc) is 2.39. The lowest BCUT2D eigenvalue weighted by Crippen LogP contribution is -2.23. The molecule has 108 valence electrons. The van der Waals surface area contributed by atoms with Gasteiger partial charge in [-0.25, -0.2) is 0 Å². The van der Waals surface area contributed by atoms with E-state index in [-0.39, 0.29) is 0 Å². The second-order valence-electron chi connectivity index (χ2n) is 4.60. The lowest BCUT2D eigenvalue weighted by atomic mass is 10.1. The van der Waals surface area contributed by atoms with Crippen LogP contribution in [-0.2, 0) is 4.74 Å². The smallest absolute Gasteiger partial charge is 0.0641 e. The van der Waals surface area contributed by atoms with Gasteiger partial charge >= 0.3 is 0 Å². The molecule has 0 saturated carbocycles.